The van der Waals surface area contributed by atoms with Crippen LogP contribution in [0.25, 0.3) is 10.8 Å². The van der Waals surface area contributed by atoms with Crippen LogP contribution in [0.4, 0.5) is 0 Å². The van der Waals surface area contributed by atoms with E-state index in [4.69, 9.17) is 4.74 Å². The third-order valence-corrected chi connectivity index (χ3v) is 5.05. The number of aromatic amines is 1. The van der Waals surface area contributed by atoms with Gasteiger partial charge in [0.05, 0.1) is 18.7 Å². The zero-order valence-corrected chi connectivity index (χ0v) is 18.2. The highest BCUT2D eigenvalue weighted by Gasteiger charge is 2.27. The molecule has 9 nitrogen and oxygen atoms in total. The third-order valence-electron chi connectivity index (χ3n) is 5.05. The molecule has 0 unspecified atom stereocenters. The van der Waals surface area contributed by atoms with Crippen molar-refractivity contribution in [3.8, 4) is 5.75 Å². The first-order valence-corrected chi connectivity index (χ1v) is 10.4. The summed E-state index contributed by atoms with van der Waals surface area (Å²) in [4.78, 5) is 38.2. The number of benzene rings is 3. The van der Waals surface area contributed by atoms with Crippen molar-refractivity contribution >= 4 is 28.8 Å². The first kappa shape index (κ1) is 22.4. The fourth-order valence-corrected chi connectivity index (χ4v) is 3.37. The van der Waals surface area contributed by atoms with Crippen LogP contribution in [0.15, 0.2) is 88.8 Å². The van der Waals surface area contributed by atoms with Gasteiger partial charge in [-0.3, -0.25) is 14.4 Å². The number of hydrazone groups is 1. The lowest BCUT2D eigenvalue weighted by Gasteiger charge is -2.18. The summed E-state index contributed by atoms with van der Waals surface area (Å²) < 4.78 is 5.18. The Morgan fingerprint density at radius 3 is 2.50 bits per heavy atom. The molecule has 4 rings (SSSR count). The molecule has 0 aliphatic rings. The number of nitrogens with zero attached hydrogens (tertiary/aromatic N) is 2. The zero-order chi connectivity index (χ0) is 23.9. The molecule has 0 aliphatic carbocycles. The van der Waals surface area contributed by atoms with Gasteiger partial charge in [-0.05, 0) is 35.9 Å². The summed E-state index contributed by atoms with van der Waals surface area (Å²) in [6, 6.07) is 21.1. The van der Waals surface area contributed by atoms with Crippen LogP contribution in [0, 0.1) is 0 Å². The second-order valence-corrected chi connectivity index (χ2v) is 7.27. The summed E-state index contributed by atoms with van der Waals surface area (Å²) >= 11 is 0. The van der Waals surface area contributed by atoms with Gasteiger partial charge in [0.25, 0.3) is 17.4 Å². The minimum Gasteiger partial charge on any atom is -0.497 e. The summed E-state index contributed by atoms with van der Waals surface area (Å²) in [6.45, 7) is 0. The molecule has 0 saturated carbocycles. The molecular formula is C25H21N5O4. The van der Waals surface area contributed by atoms with E-state index < -0.39 is 23.4 Å². The predicted molar refractivity (Wildman–Crippen MR) is 128 cm³/mol. The lowest BCUT2D eigenvalue weighted by Crippen LogP contribution is -2.40. The molecule has 2 amide bonds. The van der Waals surface area contributed by atoms with Crippen LogP contribution < -0.4 is 21.0 Å². The standard InChI is InChI=1S/C25H21N5O4/c1-34-18-11-7-8-16(14-18)15-26-29-25(33)22(27-23(31)17-9-3-2-4-10-17)21-19-12-5-6-13-20(19)24(32)30-28-21/h2-15,22H,1H3,(H,27,31)(H,29,33)(H,30,32)/b26-15-/t22-/m1/s1. The minimum atomic E-state index is -1.23. The first-order valence-electron chi connectivity index (χ1n) is 10.4. The van der Waals surface area contributed by atoms with E-state index >= 15 is 0 Å². The topological polar surface area (TPSA) is 126 Å². The van der Waals surface area contributed by atoms with Crippen LogP contribution in [0.1, 0.15) is 27.7 Å². The van der Waals surface area contributed by atoms with E-state index in [1.165, 1.54) is 6.21 Å². The van der Waals surface area contributed by atoms with Crippen LogP contribution in [0.3, 0.4) is 0 Å². The zero-order valence-electron chi connectivity index (χ0n) is 18.2. The Morgan fingerprint density at radius 1 is 1.00 bits per heavy atom. The molecule has 0 aliphatic heterocycles. The van der Waals surface area contributed by atoms with Crippen molar-refractivity contribution < 1.29 is 14.3 Å². The van der Waals surface area contributed by atoms with Gasteiger partial charge >= 0.3 is 0 Å². The summed E-state index contributed by atoms with van der Waals surface area (Å²) in [5, 5.41) is 14.0. The molecule has 1 heterocycles. The van der Waals surface area contributed by atoms with Crippen molar-refractivity contribution in [2.45, 2.75) is 6.04 Å². The van der Waals surface area contributed by atoms with Gasteiger partial charge in [0.15, 0.2) is 6.04 Å². The van der Waals surface area contributed by atoms with E-state index in [1.54, 1.807) is 86.0 Å². The van der Waals surface area contributed by atoms with Crippen LogP contribution in [-0.4, -0.2) is 35.3 Å². The molecule has 0 fully saturated rings. The molecule has 9 heteroatoms. The fraction of sp³-hybridized carbons (Fsp3) is 0.0800. The van der Waals surface area contributed by atoms with Gasteiger partial charge in [0.1, 0.15) is 11.4 Å². The third kappa shape index (κ3) is 4.99. The van der Waals surface area contributed by atoms with Crippen molar-refractivity contribution in [1.82, 2.24) is 20.9 Å². The minimum absolute atomic E-state index is 0.188. The Balaban J connectivity index is 1.66. The Morgan fingerprint density at radius 2 is 1.74 bits per heavy atom. The van der Waals surface area contributed by atoms with Crippen molar-refractivity contribution in [3.63, 3.8) is 0 Å². The molecule has 0 bridgehead atoms. The molecule has 0 spiro atoms. The number of nitrogens with one attached hydrogen (secondary N) is 3. The van der Waals surface area contributed by atoms with Gasteiger partial charge in [-0.25, -0.2) is 10.5 Å². The lowest BCUT2D eigenvalue weighted by molar-refractivity contribution is -0.123. The maximum atomic E-state index is 13.2. The van der Waals surface area contributed by atoms with Gasteiger partial charge in [-0.15, -0.1) is 0 Å². The van der Waals surface area contributed by atoms with Gasteiger partial charge < -0.3 is 10.1 Å². The number of hydrogen-bond donors (Lipinski definition) is 3. The second-order valence-electron chi connectivity index (χ2n) is 7.27. The Kier molecular flexibility index (Phi) is 6.73. The Hall–Kier alpha value is -4.79. The van der Waals surface area contributed by atoms with Crippen molar-refractivity contribution in [3.05, 3.63) is 106 Å². The van der Waals surface area contributed by atoms with Crippen LogP contribution in [0.2, 0.25) is 0 Å². The van der Waals surface area contributed by atoms with E-state index in [0.29, 0.717) is 27.6 Å². The molecule has 34 heavy (non-hydrogen) atoms. The number of rotatable bonds is 7. The van der Waals surface area contributed by atoms with E-state index in [1.807, 2.05) is 0 Å². The SMILES string of the molecule is COc1cccc(/C=N\NC(=O)[C@H](NC(=O)c2ccccc2)c2n[nH]c(=O)c3ccccc23)c1. The average molecular weight is 455 g/mol. The van der Waals surface area contributed by atoms with Crippen LogP contribution >= 0.6 is 0 Å². The molecule has 3 aromatic carbocycles. The lowest BCUT2D eigenvalue weighted by atomic mass is 10.0. The maximum absolute atomic E-state index is 13.2. The van der Waals surface area contributed by atoms with Crippen molar-refractivity contribution in [2.24, 2.45) is 5.10 Å². The predicted octanol–water partition coefficient (Wildman–Crippen LogP) is 2.55. The highest BCUT2D eigenvalue weighted by molar-refractivity contribution is 5.99. The number of carbonyl (C=O) groups excluding carboxylic acids is 2. The highest BCUT2D eigenvalue weighted by atomic mass is 16.5. The number of aromatic nitrogens is 2. The summed E-state index contributed by atoms with van der Waals surface area (Å²) in [5.41, 5.74) is 3.31. The number of ether oxygens (including phenoxy) is 1. The highest BCUT2D eigenvalue weighted by Crippen LogP contribution is 2.20. The molecule has 1 aromatic heterocycles. The molecule has 4 aromatic rings. The van der Waals surface area contributed by atoms with Crippen molar-refractivity contribution in [2.75, 3.05) is 7.11 Å². The summed E-state index contributed by atoms with van der Waals surface area (Å²) in [7, 11) is 1.56. The summed E-state index contributed by atoms with van der Waals surface area (Å²) in [6.07, 6.45) is 1.45. The normalized spacial score (nSPS) is 11.8. The van der Waals surface area contributed by atoms with Crippen LogP contribution in [0.5, 0.6) is 5.75 Å². The molecule has 0 saturated heterocycles. The first-order chi connectivity index (χ1) is 16.6. The Labute approximate surface area is 194 Å². The van der Waals surface area contributed by atoms with Crippen molar-refractivity contribution in [1.29, 1.82) is 0 Å². The average Bonchev–Trinajstić information content (AvgIpc) is 2.88. The Bertz CT molecular complexity index is 1420. The number of H-pyrrole nitrogens is 1. The fourth-order valence-electron chi connectivity index (χ4n) is 3.37. The molecule has 170 valence electrons. The smallest absolute Gasteiger partial charge is 0.272 e. The van der Waals surface area contributed by atoms with Gasteiger partial charge in [0.2, 0.25) is 0 Å². The number of amides is 2. The maximum Gasteiger partial charge on any atom is 0.272 e. The van der Waals surface area contributed by atoms with E-state index in [9.17, 15) is 14.4 Å². The molecular weight excluding hydrogens is 434 g/mol. The van der Waals surface area contributed by atoms with Gasteiger partial charge in [0, 0.05) is 10.9 Å². The number of methoxy groups -OCH3 is 1. The second kappa shape index (κ2) is 10.2. The number of fused-ring (bicyclic) bond motifs is 1. The monoisotopic (exact) mass is 455 g/mol. The summed E-state index contributed by atoms with van der Waals surface area (Å²) in [5.74, 6) is -0.463. The molecule has 3 N–H and O–H groups in total. The van der Waals surface area contributed by atoms with E-state index in [-0.39, 0.29) is 5.69 Å². The van der Waals surface area contributed by atoms with Gasteiger partial charge in [-0.1, -0.05) is 48.5 Å². The van der Waals surface area contributed by atoms with Gasteiger partial charge in [-0.2, -0.15) is 10.2 Å². The van der Waals surface area contributed by atoms with E-state index in [2.05, 4.69) is 26.0 Å². The number of carbonyl (C=O) groups is 2. The number of hydrogen-bond acceptors (Lipinski definition) is 6. The quantitative estimate of drug-likeness (QED) is 0.292. The largest absolute Gasteiger partial charge is 0.497 e. The molecule has 1 atom stereocenters. The molecule has 0 radical (unpaired) electrons. The van der Waals surface area contributed by atoms with E-state index in [0.717, 1.165) is 0 Å². The van der Waals surface area contributed by atoms with Crippen LogP contribution in [-0.2, 0) is 4.79 Å².